The predicted octanol–water partition coefficient (Wildman–Crippen LogP) is 4.42. The van der Waals surface area contributed by atoms with E-state index in [4.69, 9.17) is 14.2 Å². The molecule has 36 heavy (non-hydrogen) atoms. The Morgan fingerprint density at radius 1 is 1.11 bits per heavy atom. The number of pyridine rings is 1. The number of ether oxygens (including phenoxy) is 3. The van der Waals surface area contributed by atoms with Crippen LogP contribution in [0, 0.1) is 5.92 Å². The maximum absolute atomic E-state index is 12.7. The van der Waals surface area contributed by atoms with E-state index in [0.717, 1.165) is 48.5 Å². The summed E-state index contributed by atoms with van der Waals surface area (Å²) < 4.78 is 19.0. The van der Waals surface area contributed by atoms with Gasteiger partial charge in [0.1, 0.15) is 24.8 Å². The molecule has 8 heteroatoms. The van der Waals surface area contributed by atoms with Crippen LogP contribution in [0.4, 0.5) is 0 Å². The summed E-state index contributed by atoms with van der Waals surface area (Å²) in [5.41, 5.74) is 3.28. The fourth-order valence-corrected chi connectivity index (χ4v) is 4.24. The molecule has 1 aliphatic heterocycles. The minimum absolute atomic E-state index is 0.0689. The van der Waals surface area contributed by atoms with Crippen LogP contribution in [-0.2, 0) is 4.74 Å². The highest BCUT2D eigenvalue weighted by Gasteiger charge is 2.16. The fraction of sp³-hybridized carbons (Fsp3) is 0.321. The zero-order valence-corrected chi connectivity index (χ0v) is 20.3. The van der Waals surface area contributed by atoms with Crippen LogP contribution in [0.1, 0.15) is 30.1 Å². The van der Waals surface area contributed by atoms with Crippen molar-refractivity contribution >= 4 is 16.9 Å². The molecule has 1 aliphatic rings. The molecule has 1 atom stereocenters. The lowest BCUT2D eigenvalue weighted by Crippen LogP contribution is -2.32. The maximum Gasteiger partial charge on any atom is 0.251 e. The van der Waals surface area contributed by atoms with Crippen molar-refractivity contribution in [2.75, 3.05) is 26.4 Å². The van der Waals surface area contributed by atoms with Gasteiger partial charge in [-0.15, -0.1) is 0 Å². The molecule has 1 saturated heterocycles. The molecule has 1 amide bonds. The Balaban J connectivity index is 1.19. The number of benzene rings is 2. The average Bonchev–Trinajstić information content (AvgIpc) is 3.35. The SMILES string of the molecule is CC(COc1ccccn1)Oc1ccc(-n2cnc3cc(C(=O)NCC4CCOCC4)ccc32)cc1. The Morgan fingerprint density at radius 2 is 1.94 bits per heavy atom. The van der Waals surface area contributed by atoms with Crippen LogP contribution in [0.3, 0.4) is 0 Å². The van der Waals surface area contributed by atoms with E-state index >= 15 is 0 Å². The second-order valence-corrected chi connectivity index (χ2v) is 8.99. The summed E-state index contributed by atoms with van der Waals surface area (Å²) in [6.07, 6.45) is 5.32. The van der Waals surface area contributed by atoms with Crippen molar-refractivity contribution in [3.05, 3.63) is 78.8 Å². The molecule has 1 fully saturated rings. The average molecular weight is 487 g/mol. The number of nitrogens with zero attached hydrogens (tertiary/aromatic N) is 3. The van der Waals surface area contributed by atoms with Crippen LogP contribution in [0.5, 0.6) is 11.6 Å². The summed E-state index contributed by atoms with van der Waals surface area (Å²) in [7, 11) is 0. The Bertz CT molecular complexity index is 1280. The lowest BCUT2D eigenvalue weighted by atomic mass is 10.0. The molecule has 0 bridgehead atoms. The van der Waals surface area contributed by atoms with E-state index in [1.807, 2.05) is 72.2 Å². The van der Waals surface area contributed by atoms with Crippen LogP contribution in [-0.4, -0.2) is 52.9 Å². The summed E-state index contributed by atoms with van der Waals surface area (Å²) >= 11 is 0. The Labute approximate surface area is 210 Å². The van der Waals surface area contributed by atoms with Crippen LogP contribution >= 0.6 is 0 Å². The van der Waals surface area contributed by atoms with Gasteiger partial charge in [-0.25, -0.2) is 9.97 Å². The summed E-state index contributed by atoms with van der Waals surface area (Å²) in [5.74, 6) is 1.74. The molecule has 0 radical (unpaired) electrons. The van der Waals surface area contributed by atoms with E-state index in [2.05, 4.69) is 15.3 Å². The van der Waals surface area contributed by atoms with Gasteiger partial charge in [-0.1, -0.05) is 6.07 Å². The van der Waals surface area contributed by atoms with Gasteiger partial charge in [-0.2, -0.15) is 0 Å². The first-order valence-corrected chi connectivity index (χ1v) is 12.3. The molecule has 2 aromatic heterocycles. The second kappa shape index (κ2) is 11.2. The summed E-state index contributed by atoms with van der Waals surface area (Å²) in [6, 6.07) is 19.0. The number of hydrogen-bond donors (Lipinski definition) is 1. The van der Waals surface area contributed by atoms with Gasteiger partial charge in [-0.05, 0) is 74.2 Å². The number of aromatic nitrogens is 3. The first kappa shape index (κ1) is 23.8. The normalized spacial score (nSPS) is 14.9. The van der Waals surface area contributed by atoms with Crippen molar-refractivity contribution in [2.24, 2.45) is 5.92 Å². The lowest BCUT2D eigenvalue weighted by molar-refractivity contribution is 0.0642. The third-order valence-corrected chi connectivity index (χ3v) is 6.26. The van der Waals surface area contributed by atoms with Gasteiger partial charge in [0.15, 0.2) is 0 Å². The number of amides is 1. The molecule has 8 nitrogen and oxygen atoms in total. The minimum atomic E-state index is -0.136. The zero-order chi connectivity index (χ0) is 24.7. The number of hydrogen-bond acceptors (Lipinski definition) is 6. The minimum Gasteiger partial charge on any atom is -0.487 e. The van der Waals surface area contributed by atoms with Crippen LogP contribution in [0.25, 0.3) is 16.7 Å². The highest BCUT2D eigenvalue weighted by Crippen LogP contribution is 2.22. The van der Waals surface area contributed by atoms with Gasteiger partial charge in [0.25, 0.3) is 5.91 Å². The third kappa shape index (κ3) is 5.83. The zero-order valence-electron chi connectivity index (χ0n) is 20.3. The van der Waals surface area contributed by atoms with Gasteiger partial charge in [0.2, 0.25) is 5.88 Å². The quantitative estimate of drug-likeness (QED) is 0.377. The third-order valence-electron chi connectivity index (χ3n) is 6.26. The Hall–Kier alpha value is -3.91. The van der Waals surface area contributed by atoms with Gasteiger partial charge < -0.3 is 19.5 Å². The molecule has 0 spiro atoms. The van der Waals surface area contributed by atoms with E-state index < -0.39 is 0 Å². The molecule has 5 rings (SSSR count). The lowest BCUT2D eigenvalue weighted by Gasteiger charge is -2.22. The molecule has 0 aliphatic carbocycles. The number of carbonyl (C=O) groups excluding carboxylic acids is 1. The largest absolute Gasteiger partial charge is 0.487 e. The maximum atomic E-state index is 12.7. The smallest absolute Gasteiger partial charge is 0.251 e. The van der Waals surface area contributed by atoms with E-state index in [1.54, 1.807) is 12.5 Å². The molecule has 1 unspecified atom stereocenters. The molecule has 186 valence electrons. The fourth-order valence-electron chi connectivity index (χ4n) is 4.24. The first-order valence-electron chi connectivity index (χ1n) is 12.3. The summed E-state index contributed by atoms with van der Waals surface area (Å²) in [6.45, 7) is 4.58. The topological polar surface area (TPSA) is 87.5 Å². The standard InChI is InChI=1S/C28H30N4O4/c1-20(18-35-27-4-2-3-13-29-27)36-24-8-6-23(7-9-24)32-19-31-25-16-22(5-10-26(25)32)28(33)30-17-21-11-14-34-15-12-21/h2-10,13,16,19-21H,11-12,14-15,17-18H2,1H3,(H,30,33). The molecular formula is C28H30N4O4. The highest BCUT2D eigenvalue weighted by atomic mass is 16.5. The van der Waals surface area contributed by atoms with Gasteiger partial charge >= 0.3 is 0 Å². The van der Waals surface area contributed by atoms with Crippen molar-refractivity contribution in [3.63, 3.8) is 0 Å². The van der Waals surface area contributed by atoms with Gasteiger partial charge in [0.05, 0.1) is 11.0 Å². The Kier molecular flexibility index (Phi) is 7.42. The molecule has 1 N–H and O–H groups in total. The second-order valence-electron chi connectivity index (χ2n) is 8.99. The van der Waals surface area contributed by atoms with E-state index in [1.165, 1.54) is 0 Å². The number of imidazole rings is 1. The number of fused-ring (bicyclic) bond motifs is 1. The molecule has 0 saturated carbocycles. The van der Waals surface area contributed by atoms with Crippen LogP contribution in [0.15, 0.2) is 73.2 Å². The summed E-state index contributed by atoms with van der Waals surface area (Å²) in [4.78, 5) is 21.3. The Morgan fingerprint density at radius 3 is 2.72 bits per heavy atom. The molecule has 4 aromatic rings. The van der Waals surface area contributed by atoms with Crippen molar-refractivity contribution in [3.8, 4) is 17.3 Å². The number of rotatable bonds is 9. The monoisotopic (exact) mass is 486 g/mol. The number of carbonyl (C=O) groups is 1. The highest BCUT2D eigenvalue weighted by molar-refractivity contribution is 5.97. The van der Waals surface area contributed by atoms with Gasteiger partial charge in [0, 0.05) is 43.3 Å². The van der Waals surface area contributed by atoms with Gasteiger partial charge in [-0.3, -0.25) is 9.36 Å². The summed E-state index contributed by atoms with van der Waals surface area (Å²) in [5, 5.41) is 3.06. The first-order chi connectivity index (χ1) is 17.7. The number of nitrogens with one attached hydrogen (secondary N) is 1. The van der Waals surface area contributed by atoms with E-state index in [0.29, 0.717) is 30.5 Å². The van der Waals surface area contributed by atoms with Crippen LogP contribution < -0.4 is 14.8 Å². The van der Waals surface area contributed by atoms with Crippen molar-refractivity contribution in [1.82, 2.24) is 19.9 Å². The van der Waals surface area contributed by atoms with Crippen molar-refractivity contribution in [2.45, 2.75) is 25.9 Å². The molecule has 2 aromatic carbocycles. The molecular weight excluding hydrogens is 456 g/mol. The molecule has 3 heterocycles. The van der Waals surface area contributed by atoms with Crippen molar-refractivity contribution < 1.29 is 19.0 Å². The van der Waals surface area contributed by atoms with Crippen molar-refractivity contribution in [1.29, 1.82) is 0 Å². The predicted molar refractivity (Wildman–Crippen MR) is 137 cm³/mol. The van der Waals surface area contributed by atoms with E-state index in [-0.39, 0.29) is 12.0 Å². The van der Waals surface area contributed by atoms with E-state index in [9.17, 15) is 4.79 Å². The van der Waals surface area contributed by atoms with Crippen LogP contribution in [0.2, 0.25) is 0 Å².